The number of aliphatic carboxylic acids is 1. The van der Waals surface area contributed by atoms with Crippen molar-refractivity contribution in [3.8, 4) is 0 Å². The Kier molecular flexibility index (Phi) is 5.75. The van der Waals surface area contributed by atoms with E-state index in [1.165, 1.54) is 18.7 Å². The first-order valence-electron chi connectivity index (χ1n) is 5.89. The number of carbonyl (C=O) groups is 2. The van der Waals surface area contributed by atoms with Crippen molar-refractivity contribution in [1.29, 1.82) is 0 Å². The van der Waals surface area contributed by atoms with Crippen LogP contribution in [0.15, 0.2) is 11.1 Å². The van der Waals surface area contributed by atoms with Gasteiger partial charge in [0.15, 0.2) is 0 Å². The maximum absolute atomic E-state index is 11.0. The molecule has 19 heavy (non-hydrogen) atoms. The van der Waals surface area contributed by atoms with Crippen molar-refractivity contribution >= 4 is 23.6 Å². The molecule has 1 unspecified atom stereocenters. The number of thioether (sulfide) groups is 1. The molecule has 1 aromatic rings. The van der Waals surface area contributed by atoms with Gasteiger partial charge in [0.2, 0.25) is 5.91 Å². The van der Waals surface area contributed by atoms with E-state index in [2.05, 4.69) is 15.3 Å². The van der Waals surface area contributed by atoms with Crippen LogP contribution in [0, 0.1) is 6.92 Å². The molecule has 104 valence electrons. The highest BCUT2D eigenvalue weighted by Gasteiger charge is 2.18. The molecular formula is C12H17N3O3S. The summed E-state index contributed by atoms with van der Waals surface area (Å²) in [6, 6.07) is 0.924. The van der Waals surface area contributed by atoms with Gasteiger partial charge < -0.3 is 10.4 Å². The van der Waals surface area contributed by atoms with E-state index >= 15 is 0 Å². The number of nitrogens with one attached hydrogen (secondary N) is 1. The van der Waals surface area contributed by atoms with Gasteiger partial charge in [0.1, 0.15) is 16.9 Å². The van der Waals surface area contributed by atoms with Gasteiger partial charge in [-0.3, -0.25) is 4.79 Å². The molecule has 0 aliphatic rings. The molecule has 0 saturated carbocycles. The average molecular weight is 283 g/mol. The number of aryl methyl sites for hydroxylation is 2. The molecule has 0 spiro atoms. The zero-order valence-corrected chi connectivity index (χ0v) is 12.0. The third kappa shape index (κ3) is 5.25. The minimum atomic E-state index is -1.05. The molecule has 1 aromatic heterocycles. The molecule has 1 heterocycles. The number of amides is 1. The van der Waals surface area contributed by atoms with Crippen LogP contribution in [0.2, 0.25) is 0 Å². The van der Waals surface area contributed by atoms with Crippen molar-refractivity contribution in [2.45, 2.75) is 38.3 Å². The highest BCUT2D eigenvalue weighted by molar-refractivity contribution is 7.99. The van der Waals surface area contributed by atoms with Crippen molar-refractivity contribution in [2.24, 2.45) is 0 Å². The highest BCUT2D eigenvalue weighted by atomic mass is 32.2. The summed E-state index contributed by atoms with van der Waals surface area (Å²) in [5.74, 6) is -0.521. The van der Waals surface area contributed by atoms with E-state index in [1.54, 1.807) is 6.92 Å². The Balaban J connectivity index is 2.71. The van der Waals surface area contributed by atoms with Gasteiger partial charge in [0, 0.05) is 18.4 Å². The molecule has 0 aliphatic heterocycles. The minimum Gasteiger partial charge on any atom is -0.480 e. The van der Waals surface area contributed by atoms with Crippen molar-refractivity contribution in [1.82, 2.24) is 15.3 Å². The lowest BCUT2D eigenvalue weighted by atomic mass is 10.3. The zero-order valence-electron chi connectivity index (χ0n) is 11.1. The van der Waals surface area contributed by atoms with Crippen LogP contribution >= 0.6 is 11.8 Å². The number of aromatic nitrogens is 2. The molecule has 6 nitrogen and oxygen atoms in total. The Bertz CT molecular complexity index is 479. The van der Waals surface area contributed by atoms with Gasteiger partial charge in [0.25, 0.3) is 0 Å². The SMILES string of the molecule is CCc1cc(SCC(NC(C)=O)C(=O)O)nc(C)n1. The van der Waals surface area contributed by atoms with Crippen LogP contribution in [-0.2, 0) is 16.0 Å². The lowest BCUT2D eigenvalue weighted by molar-refractivity contribution is -0.140. The molecule has 0 aliphatic carbocycles. The van der Waals surface area contributed by atoms with Crippen molar-refractivity contribution in [3.63, 3.8) is 0 Å². The average Bonchev–Trinajstić information content (AvgIpc) is 2.33. The Hall–Kier alpha value is -1.63. The molecule has 0 saturated heterocycles. The quantitative estimate of drug-likeness (QED) is 0.598. The number of carbonyl (C=O) groups excluding carboxylic acids is 1. The Morgan fingerprint density at radius 3 is 2.68 bits per heavy atom. The fourth-order valence-corrected chi connectivity index (χ4v) is 2.42. The molecule has 1 rings (SSSR count). The number of nitrogens with zero attached hydrogens (tertiary/aromatic N) is 2. The summed E-state index contributed by atoms with van der Waals surface area (Å²) in [5, 5.41) is 12.1. The predicted octanol–water partition coefficient (Wildman–Crippen LogP) is 1.03. The zero-order chi connectivity index (χ0) is 14.4. The summed E-state index contributed by atoms with van der Waals surface area (Å²) in [6.07, 6.45) is 0.797. The molecule has 0 fully saturated rings. The molecule has 0 bridgehead atoms. The van der Waals surface area contributed by atoms with Gasteiger partial charge in [-0.1, -0.05) is 6.92 Å². The van der Waals surface area contributed by atoms with Gasteiger partial charge >= 0.3 is 5.97 Å². The summed E-state index contributed by atoms with van der Waals surface area (Å²) < 4.78 is 0. The topological polar surface area (TPSA) is 92.2 Å². The van der Waals surface area contributed by atoms with Gasteiger partial charge in [-0.2, -0.15) is 0 Å². The Morgan fingerprint density at radius 2 is 2.16 bits per heavy atom. The number of rotatable bonds is 6. The van der Waals surface area contributed by atoms with Gasteiger partial charge in [-0.25, -0.2) is 14.8 Å². The van der Waals surface area contributed by atoms with E-state index in [1.807, 2.05) is 13.0 Å². The summed E-state index contributed by atoms with van der Waals surface area (Å²) in [5.41, 5.74) is 0.918. The minimum absolute atomic E-state index is 0.231. The molecule has 0 radical (unpaired) electrons. The Labute approximate surface area is 116 Å². The van der Waals surface area contributed by atoms with Gasteiger partial charge in [-0.15, -0.1) is 11.8 Å². The van der Waals surface area contributed by atoms with E-state index in [0.717, 1.165) is 17.1 Å². The highest BCUT2D eigenvalue weighted by Crippen LogP contribution is 2.17. The molecule has 2 N–H and O–H groups in total. The molecular weight excluding hydrogens is 266 g/mol. The van der Waals surface area contributed by atoms with E-state index in [4.69, 9.17) is 5.11 Å². The largest absolute Gasteiger partial charge is 0.480 e. The maximum Gasteiger partial charge on any atom is 0.327 e. The fraction of sp³-hybridized carbons (Fsp3) is 0.500. The number of hydrogen-bond donors (Lipinski definition) is 2. The maximum atomic E-state index is 11.0. The van der Waals surface area contributed by atoms with E-state index in [9.17, 15) is 9.59 Å². The third-order valence-corrected chi connectivity index (χ3v) is 3.31. The second-order valence-corrected chi connectivity index (χ2v) is 5.04. The summed E-state index contributed by atoms with van der Waals surface area (Å²) in [7, 11) is 0. The first kappa shape index (κ1) is 15.4. The summed E-state index contributed by atoms with van der Waals surface area (Å²) in [6.45, 7) is 5.09. The van der Waals surface area contributed by atoms with E-state index in [0.29, 0.717) is 5.82 Å². The lowest BCUT2D eigenvalue weighted by Gasteiger charge is -2.12. The number of carboxylic acid groups (broad SMARTS) is 1. The molecule has 7 heteroatoms. The van der Waals surface area contributed by atoms with Gasteiger partial charge in [-0.05, 0) is 19.4 Å². The monoisotopic (exact) mass is 283 g/mol. The molecule has 0 aromatic carbocycles. The predicted molar refractivity (Wildman–Crippen MR) is 72.1 cm³/mol. The van der Waals surface area contributed by atoms with E-state index < -0.39 is 12.0 Å². The van der Waals surface area contributed by atoms with Crippen LogP contribution < -0.4 is 5.32 Å². The fourth-order valence-electron chi connectivity index (χ4n) is 1.44. The first-order valence-corrected chi connectivity index (χ1v) is 6.88. The number of carboxylic acids is 1. The third-order valence-electron chi connectivity index (χ3n) is 2.30. The van der Waals surface area contributed by atoms with Crippen LogP contribution in [0.5, 0.6) is 0 Å². The van der Waals surface area contributed by atoms with Crippen LogP contribution in [-0.4, -0.2) is 38.7 Å². The number of hydrogen-bond acceptors (Lipinski definition) is 5. The van der Waals surface area contributed by atoms with E-state index in [-0.39, 0.29) is 11.7 Å². The van der Waals surface area contributed by atoms with Crippen LogP contribution in [0.3, 0.4) is 0 Å². The van der Waals surface area contributed by atoms with Gasteiger partial charge in [0.05, 0.1) is 0 Å². The molecule has 1 amide bonds. The summed E-state index contributed by atoms with van der Waals surface area (Å²) >= 11 is 1.30. The Morgan fingerprint density at radius 1 is 1.47 bits per heavy atom. The lowest BCUT2D eigenvalue weighted by Crippen LogP contribution is -2.41. The van der Waals surface area contributed by atoms with Crippen molar-refractivity contribution in [2.75, 3.05) is 5.75 Å². The first-order chi connectivity index (χ1) is 8.92. The smallest absolute Gasteiger partial charge is 0.327 e. The van der Waals surface area contributed by atoms with Crippen LogP contribution in [0.1, 0.15) is 25.4 Å². The van der Waals surface area contributed by atoms with Crippen LogP contribution in [0.4, 0.5) is 0 Å². The van der Waals surface area contributed by atoms with Crippen molar-refractivity contribution in [3.05, 3.63) is 17.6 Å². The standard InChI is InChI=1S/C12H17N3O3S/c1-4-9-5-11(14-7(2)13-9)19-6-10(12(17)18)15-8(3)16/h5,10H,4,6H2,1-3H3,(H,15,16)(H,17,18). The normalized spacial score (nSPS) is 11.9. The summed E-state index contributed by atoms with van der Waals surface area (Å²) in [4.78, 5) is 30.4. The van der Waals surface area contributed by atoms with Crippen LogP contribution in [0.25, 0.3) is 0 Å². The second-order valence-electron chi connectivity index (χ2n) is 4.00. The molecule has 1 atom stereocenters. The second kappa shape index (κ2) is 7.08. The van der Waals surface area contributed by atoms with Crippen molar-refractivity contribution < 1.29 is 14.7 Å².